The summed E-state index contributed by atoms with van der Waals surface area (Å²) in [4.78, 5) is 12.0. The van der Waals surface area contributed by atoms with Gasteiger partial charge < -0.3 is 16.8 Å². The van der Waals surface area contributed by atoms with Crippen molar-refractivity contribution in [3.8, 4) is 11.8 Å². The first-order chi connectivity index (χ1) is 14.0. The van der Waals surface area contributed by atoms with Crippen LogP contribution in [0.2, 0.25) is 0 Å². The van der Waals surface area contributed by atoms with Crippen LogP contribution >= 0.6 is 0 Å². The number of pyridine rings is 1. The number of hydrogen-bond donors (Lipinski definition) is 3. The Bertz CT molecular complexity index is 1240. The van der Waals surface area contributed by atoms with Gasteiger partial charge in [-0.25, -0.2) is 9.07 Å². The fourth-order valence-corrected chi connectivity index (χ4v) is 3.09. The highest BCUT2D eigenvalue weighted by atomic mass is 19.1. The lowest BCUT2D eigenvalue weighted by Crippen LogP contribution is -2.14. The molecule has 144 valence electrons. The number of fused-ring (bicyclic) bond motifs is 1. The third-order valence-electron chi connectivity index (χ3n) is 4.39. The number of anilines is 3. The number of aromatic nitrogens is 5. The fraction of sp³-hybridized carbons (Fsp3) is 0.105. The molecule has 4 rings (SSSR count). The van der Waals surface area contributed by atoms with Crippen LogP contribution in [0, 0.1) is 17.1 Å². The molecule has 1 atom stereocenters. The Labute approximate surface area is 164 Å². The second-order valence-corrected chi connectivity index (χ2v) is 6.34. The van der Waals surface area contributed by atoms with E-state index in [1.54, 1.807) is 29.2 Å². The molecule has 0 fully saturated rings. The van der Waals surface area contributed by atoms with Crippen LogP contribution in [-0.2, 0) is 0 Å². The Morgan fingerprint density at radius 3 is 2.79 bits per heavy atom. The topological polar surface area (TPSA) is 144 Å². The maximum absolute atomic E-state index is 13.9. The van der Waals surface area contributed by atoms with Crippen molar-refractivity contribution >= 4 is 28.5 Å². The van der Waals surface area contributed by atoms with Gasteiger partial charge in [0.25, 0.3) is 0 Å². The van der Waals surface area contributed by atoms with Gasteiger partial charge in [-0.15, -0.1) is 0 Å². The number of nitrogen functional groups attached to an aromatic ring is 2. The standard InChI is InChI=1S/C19H16FN9/c1-10(25-18-14(8-21)17(22)26-19(23)27-18)16-13-5-4-11(20)7-15(13)29(28-16)12-3-2-6-24-9-12/h2-7,9-10H,1H3,(H5,22,23,25,26,27)/t10-/m0/s1. The number of halogens is 1. The van der Waals surface area contributed by atoms with Gasteiger partial charge in [0.15, 0.2) is 5.82 Å². The molecule has 0 aliphatic carbocycles. The first-order valence-corrected chi connectivity index (χ1v) is 8.66. The van der Waals surface area contributed by atoms with Crippen LogP contribution in [0.25, 0.3) is 16.6 Å². The summed E-state index contributed by atoms with van der Waals surface area (Å²) in [7, 11) is 0. The minimum absolute atomic E-state index is 0.0116. The summed E-state index contributed by atoms with van der Waals surface area (Å²) >= 11 is 0. The average Bonchev–Trinajstić information content (AvgIpc) is 3.07. The van der Waals surface area contributed by atoms with Gasteiger partial charge >= 0.3 is 0 Å². The molecule has 0 saturated carbocycles. The molecule has 0 amide bonds. The van der Waals surface area contributed by atoms with Gasteiger partial charge in [-0.3, -0.25) is 4.98 Å². The van der Waals surface area contributed by atoms with Gasteiger partial charge in [0.2, 0.25) is 5.95 Å². The molecule has 1 aromatic carbocycles. The molecule has 5 N–H and O–H groups in total. The number of benzene rings is 1. The van der Waals surface area contributed by atoms with Crippen molar-refractivity contribution in [2.24, 2.45) is 0 Å². The molecule has 0 radical (unpaired) electrons. The molecule has 3 heterocycles. The van der Waals surface area contributed by atoms with Crippen LogP contribution in [-0.4, -0.2) is 24.7 Å². The Balaban J connectivity index is 1.82. The van der Waals surface area contributed by atoms with E-state index in [1.165, 1.54) is 12.1 Å². The van der Waals surface area contributed by atoms with Gasteiger partial charge in [-0.1, -0.05) is 0 Å². The molecular formula is C19H16FN9. The Morgan fingerprint density at radius 1 is 1.24 bits per heavy atom. The highest BCUT2D eigenvalue weighted by Gasteiger charge is 2.20. The Kier molecular flexibility index (Phi) is 4.40. The second-order valence-electron chi connectivity index (χ2n) is 6.34. The average molecular weight is 389 g/mol. The van der Waals surface area contributed by atoms with E-state index in [0.29, 0.717) is 16.9 Å². The lowest BCUT2D eigenvalue weighted by atomic mass is 10.1. The number of nitrogens with one attached hydrogen (secondary N) is 1. The number of nitriles is 1. The maximum Gasteiger partial charge on any atom is 0.224 e. The molecular weight excluding hydrogens is 373 g/mol. The number of nitrogens with zero attached hydrogens (tertiary/aromatic N) is 6. The summed E-state index contributed by atoms with van der Waals surface area (Å²) in [5, 5.41) is 17.9. The zero-order chi connectivity index (χ0) is 20.5. The molecule has 0 aliphatic rings. The maximum atomic E-state index is 13.9. The quantitative estimate of drug-likeness (QED) is 0.483. The first-order valence-electron chi connectivity index (χ1n) is 8.66. The lowest BCUT2D eigenvalue weighted by Gasteiger charge is -2.15. The predicted molar refractivity (Wildman–Crippen MR) is 106 cm³/mol. The van der Waals surface area contributed by atoms with E-state index in [1.807, 2.05) is 19.1 Å². The van der Waals surface area contributed by atoms with Gasteiger partial charge in [0.05, 0.1) is 29.1 Å². The molecule has 29 heavy (non-hydrogen) atoms. The van der Waals surface area contributed by atoms with Crippen molar-refractivity contribution in [2.45, 2.75) is 13.0 Å². The number of rotatable bonds is 4. The highest BCUT2D eigenvalue weighted by molar-refractivity contribution is 5.84. The third-order valence-corrected chi connectivity index (χ3v) is 4.39. The SMILES string of the molecule is C[C@H](Nc1nc(N)nc(N)c1C#N)c1nn(-c2cccnc2)c2cc(F)ccc12. The van der Waals surface area contributed by atoms with Gasteiger partial charge in [0.1, 0.15) is 23.3 Å². The van der Waals surface area contributed by atoms with E-state index in [-0.39, 0.29) is 29.0 Å². The second kappa shape index (κ2) is 7.05. The number of hydrogen-bond acceptors (Lipinski definition) is 8. The van der Waals surface area contributed by atoms with E-state index in [0.717, 1.165) is 5.39 Å². The van der Waals surface area contributed by atoms with E-state index < -0.39 is 6.04 Å². The van der Waals surface area contributed by atoms with Crippen molar-refractivity contribution in [2.75, 3.05) is 16.8 Å². The monoisotopic (exact) mass is 389 g/mol. The molecule has 0 bridgehead atoms. The van der Waals surface area contributed by atoms with Crippen LogP contribution in [0.5, 0.6) is 0 Å². The summed E-state index contributed by atoms with van der Waals surface area (Å²) in [5.74, 6) is -0.236. The van der Waals surface area contributed by atoms with Crippen molar-refractivity contribution in [1.82, 2.24) is 24.7 Å². The Morgan fingerprint density at radius 2 is 2.07 bits per heavy atom. The summed E-state index contributed by atoms with van der Waals surface area (Å²) < 4.78 is 15.5. The van der Waals surface area contributed by atoms with Crippen molar-refractivity contribution in [1.29, 1.82) is 5.26 Å². The normalized spacial score (nSPS) is 11.9. The molecule has 0 saturated heterocycles. The first kappa shape index (κ1) is 18.1. The van der Waals surface area contributed by atoms with Gasteiger partial charge in [0, 0.05) is 17.6 Å². The molecule has 10 heteroatoms. The summed E-state index contributed by atoms with van der Waals surface area (Å²) in [6.45, 7) is 1.84. The molecule has 4 aromatic rings. The van der Waals surface area contributed by atoms with E-state index in [4.69, 9.17) is 11.5 Å². The van der Waals surface area contributed by atoms with Crippen molar-refractivity contribution < 1.29 is 4.39 Å². The minimum Gasteiger partial charge on any atom is -0.382 e. The lowest BCUT2D eigenvalue weighted by molar-refractivity contribution is 0.629. The van der Waals surface area contributed by atoms with Crippen LogP contribution in [0.4, 0.5) is 22.0 Å². The van der Waals surface area contributed by atoms with Crippen molar-refractivity contribution in [3.63, 3.8) is 0 Å². The summed E-state index contributed by atoms with van der Waals surface area (Å²) in [6, 6.07) is 9.61. The molecule has 0 unspecified atom stereocenters. The van der Waals surface area contributed by atoms with Crippen LogP contribution in [0.3, 0.4) is 0 Å². The molecule has 3 aromatic heterocycles. The van der Waals surface area contributed by atoms with Crippen LogP contribution in [0.1, 0.15) is 24.2 Å². The summed E-state index contributed by atoms with van der Waals surface area (Å²) in [6.07, 6.45) is 3.28. The smallest absolute Gasteiger partial charge is 0.224 e. The van der Waals surface area contributed by atoms with Gasteiger partial charge in [-0.2, -0.15) is 20.3 Å². The summed E-state index contributed by atoms with van der Waals surface area (Å²) in [5.41, 5.74) is 13.4. The zero-order valence-electron chi connectivity index (χ0n) is 15.3. The predicted octanol–water partition coefficient (Wildman–Crippen LogP) is 2.56. The molecule has 0 aliphatic heterocycles. The zero-order valence-corrected chi connectivity index (χ0v) is 15.3. The highest BCUT2D eigenvalue weighted by Crippen LogP contribution is 2.30. The van der Waals surface area contributed by atoms with Gasteiger partial charge in [-0.05, 0) is 31.2 Å². The molecule has 0 spiro atoms. The number of nitrogens with two attached hydrogens (primary N) is 2. The van der Waals surface area contributed by atoms with E-state index >= 15 is 0 Å². The minimum atomic E-state index is -0.401. The van der Waals surface area contributed by atoms with E-state index in [2.05, 4.69) is 25.4 Å². The van der Waals surface area contributed by atoms with Crippen LogP contribution in [0.15, 0.2) is 42.7 Å². The fourth-order valence-electron chi connectivity index (χ4n) is 3.09. The largest absolute Gasteiger partial charge is 0.382 e. The Hall–Kier alpha value is -4.26. The van der Waals surface area contributed by atoms with Crippen molar-refractivity contribution in [3.05, 3.63) is 59.8 Å². The molecule has 9 nitrogen and oxygen atoms in total. The van der Waals surface area contributed by atoms with Crippen LogP contribution < -0.4 is 16.8 Å². The van der Waals surface area contributed by atoms with E-state index in [9.17, 15) is 9.65 Å². The third kappa shape index (κ3) is 3.25.